The van der Waals surface area contributed by atoms with Gasteiger partial charge in [0.25, 0.3) is 0 Å². The SMILES string of the molecule is CC(C)c1cc(-c2cc3c(cc2CN2C(=O)O[C@H](c4cc(C(F)(F)F)cc(C(F)(F)F)c4)C[C@@H]2C)CCC3)c(O)cc1F. The number of aromatic hydroxyl groups is 1. The van der Waals surface area contributed by atoms with E-state index in [0.29, 0.717) is 34.4 Å². The van der Waals surface area contributed by atoms with E-state index >= 15 is 0 Å². The average Bonchev–Trinajstić information content (AvgIpc) is 3.36. The molecular weight excluding hydrogens is 579 g/mol. The van der Waals surface area contributed by atoms with E-state index in [1.54, 1.807) is 13.0 Å². The van der Waals surface area contributed by atoms with Crippen LogP contribution >= 0.6 is 0 Å². The van der Waals surface area contributed by atoms with E-state index in [2.05, 4.69) is 0 Å². The van der Waals surface area contributed by atoms with Gasteiger partial charge < -0.3 is 14.7 Å². The molecule has 43 heavy (non-hydrogen) atoms. The molecule has 4 nitrogen and oxygen atoms in total. The van der Waals surface area contributed by atoms with Gasteiger partial charge in [0.2, 0.25) is 0 Å². The molecule has 0 spiro atoms. The Hall–Kier alpha value is -3.76. The van der Waals surface area contributed by atoms with Crippen molar-refractivity contribution in [1.29, 1.82) is 0 Å². The van der Waals surface area contributed by atoms with Gasteiger partial charge >= 0.3 is 18.4 Å². The Kier molecular flexibility index (Phi) is 7.89. The zero-order valence-electron chi connectivity index (χ0n) is 23.7. The number of phenols is 1. The first-order valence-corrected chi connectivity index (χ1v) is 14.0. The number of carbonyl (C=O) groups is 1. The van der Waals surface area contributed by atoms with E-state index in [1.807, 2.05) is 26.0 Å². The summed E-state index contributed by atoms with van der Waals surface area (Å²) in [6, 6.07) is 7.10. The van der Waals surface area contributed by atoms with E-state index in [0.717, 1.165) is 36.5 Å². The predicted octanol–water partition coefficient (Wildman–Crippen LogP) is 9.32. The largest absolute Gasteiger partial charge is 0.507 e. The number of carbonyl (C=O) groups excluding carboxylic acids is 1. The van der Waals surface area contributed by atoms with Crippen LogP contribution in [0.2, 0.25) is 0 Å². The van der Waals surface area contributed by atoms with Crippen molar-refractivity contribution in [2.24, 2.45) is 0 Å². The molecule has 11 heteroatoms. The lowest BCUT2D eigenvalue weighted by Gasteiger charge is -2.38. The molecule has 1 saturated heterocycles. The van der Waals surface area contributed by atoms with Gasteiger partial charge in [0.05, 0.1) is 11.1 Å². The number of cyclic esters (lactones) is 1. The van der Waals surface area contributed by atoms with Gasteiger partial charge in [-0.25, -0.2) is 9.18 Å². The molecule has 3 aromatic rings. The highest BCUT2D eigenvalue weighted by atomic mass is 19.4. The molecule has 0 radical (unpaired) electrons. The summed E-state index contributed by atoms with van der Waals surface area (Å²) in [5.41, 5.74) is 0.862. The lowest BCUT2D eigenvalue weighted by atomic mass is 9.90. The summed E-state index contributed by atoms with van der Waals surface area (Å²) in [6.45, 7) is 5.30. The molecule has 0 saturated carbocycles. The Morgan fingerprint density at radius 3 is 2.07 bits per heavy atom. The number of hydrogen-bond acceptors (Lipinski definition) is 3. The molecule has 2 atom stereocenters. The number of phenolic OH excluding ortho intramolecular Hbond substituents is 1. The lowest BCUT2D eigenvalue weighted by Crippen LogP contribution is -2.44. The fraction of sp³-hybridized carbons (Fsp3) is 0.406. The van der Waals surface area contributed by atoms with Crippen LogP contribution in [-0.4, -0.2) is 22.1 Å². The van der Waals surface area contributed by atoms with Crippen LogP contribution in [-0.2, 0) is 36.5 Å². The number of amides is 1. The van der Waals surface area contributed by atoms with Crippen LogP contribution < -0.4 is 0 Å². The number of hydrogen-bond donors (Lipinski definition) is 1. The molecule has 2 aliphatic rings. The molecule has 0 aromatic heterocycles. The summed E-state index contributed by atoms with van der Waals surface area (Å²) in [5, 5.41) is 10.7. The van der Waals surface area contributed by atoms with Gasteiger partial charge in [0, 0.05) is 30.6 Å². The molecule has 1 fully saturated rings. The molecule has 0 bridgehead atoms. The summed E-state index contributed by atoms with van der Waals surface area (Å²) in [4.78, 5) is 14.6. The third-order valence-electron chi connectivity index (χ3n) is 8.23. The molecule has 1 aliphatic carbocycles. The number of halogens is 7. The van der Waals surface area contributed by atoms with Gasteiger partial charge in [-0.1, -0.05) is 26.0 Å². The minimum absolute atomic E-state index is 0.000443. The number of benzene rings is 3. The van der Waals surface area contributed by atoms with Gasteiger partial charge in [-0.2, -0.15) is 26.3 Å². The fourth-order valence-electron chi connectivity index (χ4n) is 5.92. The average molecular weight is 610 g/mol. The summed E-state index contributed by atoms with van der Waals surface area (Å²) in [6.07, 6.45) is -9.77. The maximum atomic E-state index is 14.6. The highest BCUT2D eigenvalue weighted by molar-refractivity contribution is 5.77. The molecule has 0 unspecified atom stereocenters. The number of rotatable bonds is 5. The molecule has 230 valence electrons. The highest BCUT2D eigenvalue weighted by Gasteiger charge is 2.40. The maximum Gasteiger partial charge on any atom is 0.416 e. The van der Waals surface area contributed by atoms with E-state index in [1.165, 1.54) is 4.90 Å². The van der Waals surface area contributed by atoms with Crippen LogP contribution in [0.4, 0.5) is 35.5 Å². The number of fused-ring (bicyclic) bond motifs is 1. The van der Waals surface area contributed by atoms with Crippen LogP contribution in [0.5, 0.6) is 5.75 Å². The highest BCUT2D eigenvalue weighted by Crippen LogP contribution is 2.42. The number of alkyl halides is 6. The zero-order chi connectivity index (χ0) is 31.4. The molecule has 1 aliphatic heterocycles. The van der Waals surface area contributed by atoms with E-state index in [4.69, 9.17) is 4.74 Å². The zero-order valence-corrected chi connectivity index (χ0v) is 23.7. The van der Waals surface area contributed by atoms with Gasteiger partial charge in [-0.3, -0.25) is 0 Å². The number of aryl methyl sites for hydroxylation is 2. The molecule has 1 N–H and O–H groups in total. The molecule has 5 rings (SSSR count). The summed E-state index contributed by atoms with van der Waals surface area (Å²) < 4.78 is 101. The fourth-order valence-corrected chi connectivity index (χ4v) is 5.92. The quantitative estimate of drug-likeness (QED) is 0.293. The minimum Gasteiger partial charge on any atom is -0.507 e. The Morgan fingerprint density at radius 1 is 0.907 bits per heavy atom. The Balaban J connectivity index is 1.48. The van der Waals surface area contributed by atoms with Crippen LogP contribution in [0.15, 0.2) is 42.5 Å². The molecule has 1 amide bonds. The van der Waals surface area contributed by atoms with Crippen molar-refractivity contribution in [2.45, 2.75) is 83.4 Å². The van der Waals surface area contributed by atoms with Crippen LogP contribution in [0.3, 0.4) is 0 Å². The summed E-state index contributed by atoms with van der Waals surface area (Å²) >= 11 is 0. The first-order chi connectivity index (χ1) is 20.0. The van der Waals surface area contributed by atoms with Crippen LogP contribution in [0.1, 0.15) is 84.6 Å². The first kappa shape index (κ1) is 30.7. The summed E-state index contributed by atoms with van der Waals surface area (Å²) in [5.74, 6) is -0.970. The lowest BCUT2D eigenvalue weighted by molar-refractivity contribution is -0.143. The van der Waals surface area contributed by atoms with Crippen LogP contribution in [0, 0.1) is 5.82 Å². The Bertz CT molecular complexity index is 1530. The van der Waals surface area contributed by atoms with Gasteiger partial charge in [-0.05, 0) is 89.8 Å². The van der Waals surface area contributed by atoms with Crippen LogP contribution in [0.25, 0.3) is 11.1 Å². The maximum absolute atomic E-state index is 14.6. The van der Waals surface area contributed by atoms with Crippen molar-refractivity contribution >= 4 is 6.09 Å². The van der Waals surface area contributed by atoms with E-state index in [9.17, 15) is 40.6 Å². The standard InChI is InChI=1S/C32H30F7NO3/c1-16(2)24-13-26(28(41)14-27(24)33)25-11-19-6-4-5-18(19)8-21(25)15-40-17(3)7-29(43-30(40)42)20-9-22(31(34,35)36)12-23(10-20)32(37,38)39/h8-14,16-17,29,41H,4-7,15H2,1-3H3/t17-,29-/m0/s1. The molecular formula is C32H30F7NO3. The Labute approximate surface area is 244 Å². The molecule has 3 aromatic carbocycles. The topological polar surface area (TPSA) is 49.8 Å². The van der Waals surface area contributed by atoms with Crippen molar-refractivity contribution in [3.05, 3.63) is 87.2 Å². The summed E-state index contributed by atoms with van der Waals surface area (Å²) in [7, 11) is 0. The number of ether oxygens (including phenoxy) is 1. The second kappa shape index (κ2) is 11.1. The van der Waals surface area contributed by atoms with Gasteiger partial charge in [-0.15, -0.1) is 0 Å². The third-order valence-corrected chi connectivity index (χ3v) is 8.23. The van der Waals surface area contributed by atoms with Crippen molar-refractivity contribution < 1.29 is 45.4 Å². The monoisotopic (exact) mass is 609 g/mol. The van der Waals surface area contributed by atoms with Gasteiger partial charge in [0.15, 0.2) is 0 Å². The minimum atomic E-state index is -5.03. The van der Waals surface area contributed by atoms with Crippen molar-refractivity contribution in [3.63, 3.8) is 0 Å². The smallest absolute Gasteiger partial charge is 0.416 e. The first-order valence-electron chi connectivity index (χ1n) is 14.0. The Morgan fingerprint density at radius 2 is 1.51 bits per heavy atom. The van der Waals surface area contributed by atoms with Crippen molar-refractivity contribution in [1.82, 2.24) is 4.90 Å². The van der Waals surface area contributed by atoms with Gasteiger partial charge in [0.1, 0.15) is 17.7 Å². The second-order valence-corrected chi connectivity index (χ2v) is 11.6. The van der Waals surface area contributed by atoms with Crippen molar-refractivity contribution in [2.75, 3.05) is 0 Å². The third kappa shape index (κ3) is 6.17. The van der Waals surface area contributed by atoms with E-state index in [-0.39, 0.29) is 30.7 Å². The van der Waals surface area contributed by atoms with Crippen molar-refractivity contribution in [3.8, 4) is 16.9 Å². The molecule has 1 heterocycles. The second-order valence-electron chi connectivity index (χ2n) is 11.6. The number of nitrogens with zero attached hydrogens (tertiary/aromatic N) is 1. The predicted molar refractivity (Wildman–Crippen MR) is 145 cm³/mol. The normalized spacial score (nSPS) is 19.1. The van der Waals surface area contributed by atoms with E-state index < -0.39 is 53.1 Å².